The van der Waals surface area contributed by atoms with Crippen LogP contribution in [0.2, 0.25) is 0 Å². The number of imidazole rings is 1. The Bertz CT molecular complexity index is 668. The molecule has 1 saturated carbocycles. The first-order valence-corrected chi connectivity index (χ1v) is 7.61. The Labute approximate surface area is 129 Å². The van der Waals surface area contributed by atoms with E-state index in [1.54, 1.807) is 6.33 Å². The van der Waals surface area contributed by atoms with E-state index in [1.807, 2.05) is 41.1 Å². The maximum Gasteiger partial charge on any atom is 0.316 e. The van der Waals surface area contributed by atoms with Crippen LogP contribution >= 0.6 is 0 Å². The van der Waals surface area contributed by atoms with Gasteiger partial charge < -0.3 is 15.4 Å². The molecule has 1 aliphatic carbocycles. The lowest BCUT2D eigenvalue weighted by Gasteiger charge is -2.12. The molecule has 3 N–H and O–H groups in total. The molecular weight excluding hydrogens is 278 g/mol. The fraction of sp³-hybridized carbons (Fsp3) is 0.412. The standard InChI is InChI=1S/C17H21N3O2/c1-12(9-18)7-13-8-17(13,16(21)22)15-10-20(11-19-15)14-5-3-2-4-6-14/h2-6,10-13H,7-9,18H2,1H3,(H,21,22)/t12?,13-,17?/m0/s1. The predicted octanol–water partition coefficient (Wildman–Crippen LogP) is 2.20. The third-order valence-electron chi connectivity index (χ3n) is 4.67. The van der Waals surface area contributed by atoms with Crippen LogP contribution in [0.25, 0.3) is 5.69 Å². The Morgan fingerprint density at radius 3 is 2.86 bits per heavy atom. The van der Waals surface area contributed by atoms with Gasteiger partial charge in [0.2, 0.25) is 0 Å². The smallest absolute Gasteiger partial charge is 0.316 e. The molecule has 0 aliphatic heterocycles. The molecule has 3 rings (SSSR count). The highest BCUT2D eigenvalue weighted by molar-refractivity contribution is 5.85. The summed E-state index contributed by atoms with van der Waals surface area (Å²) in [5.74, 6) is -0.315. The van der Waals surface area contributed by atoms with Crippen molar-refractivity contribution in [3.8, 4) is 5.69 Å². The summed E-state index contributed by atoms with van der Waals surface area (Å²) >= 11 is 0. The molecule has 1 aromatic carbocycles. The van der Waals surface area contributed by atoms with Gasteiger partial charge in [0.1, 0.15) is 5.41 Å². The average Bonchev–Trinajstić information content (AvgIpc) is 3.04. The topological polar surface area (TPSA) is 81.1 Å². The van der Waals surface area contributed by atoms with Crippen molar-refractivity contribution in [1.29, 1.82) is 0 Å². The molecule has 0 bridgehead atoms. The van der Waals surface area contributed by atoms with Gasteiger partial charge in [0, 0.05) is 11.9 Å². The molecule has 0 spiro atoms. The van der Waals surface area contributed by atoms with E-state index < -0.39 is 11.4 Å². The number of carboxylic acid groups (broad SMARTS) is 1. The molecule has 1 aromatic heterocycles. The number of benzene rings is 1. The minimum absolute atomic E-state index is 0.127. The summed E-state index contributed by atoms with van der Waals surface area (Å²) in [6.45, 7) is 2.65. The molecule has 0 amide bonds. The van der Waals surface area contributed by atoms with E-state index in [1.165, 1.54) is 0 Å². The van der Waals surface area contributed by atoms with Gasteiger partial charge in [0.25, 0.3) is 0 Å². The number of hydrogen-bond acceptors (Lipinski definition) is 3. The van der Waals surface area contributed by atoms with Crippen LogP contribution in [0.15, 0.2) is 42.9 Å². The summed E-state index contributed by atoms with van der Waals surface area (Å²) in [6.07, 6.45) is 5.02. The largest absolute Gasteiger partial charge is 0.481 e. The summed E-state index contributed by atoms with van der Waals surface area (Å²) in [7, 11) is 0. The van der Waals surface area contributed by atoms with E-state index in [2.05, 4.69) is 11.9 Å². The van der Waals surface area contributed by atoms with Gasteiger partial charge in [-0.3, -0.25) is 4.79 Å². The summed E-state index contributed by atoms with van der Waals surface area (Å²) < 4.78 is 1.88. The zero-order valence-electron chi connectivity index (χ0n) is 12.6. The fourth-order valence-electron chi connectivity index (χ4n) is 3.18. The molecule has 0 radical (unpaired) electrons. The molecule has 116 valence electrons. The van der Waals surface area contributed by atoms with E-state index in [-0.39, 0.29) is 5.92 Å². The van der Waals surface area contributed by atoms with Crippen LogP contribution < -0.4 is 5.73 Å². The van der Waals surface area contributed by atoms with Crippen LogP contribution in [0.4, 0.5) is 0 Å². The van der Waals surface area contributed by atoms with Gasteiger partial charge in [0.05, 0.1) is 12.0 Å². The number of aromatic nitrogens is 2. The molecule has 22 heavy (non-hydrogen) atoms. The SMILES string of the molecule is CC(CN)C[C@H]1CC1(C(=O)O)c1cn(-c2ccccc2)cn1. The van der Waals surface area contributed by atoms with E-state index in [4.69, 9.17) is 5.73 Å². The average molecular weight is 299 g/mol. The number of nitrogens with zero attached hydrogens (tertiary/aromatic N) is 2. The maximum atomic E-state index is 11.8. The van der Waals surface area contributed by atoms with E-state index in [9.17, 15) is 9.90 Å². The second-order valence-electron chi connectivity index (χ2n) is 6.26. The molecule has 2 aromatic rings. The van der Waals surface area contributed by atoms with E-state index in [0.717, 1.165) is 12.1 Å². The number of rotatable bonds is 6. The second-order valence-corrected chi connectivity index (χ2v) is 6.26. The van der Waals surface area contributed by atoms with Gasteiger partial charge in [-0.2, -0.15) is 0 Å². The Morgan fingerprint density at radius 1 is 1.50 bits per heavy atom. The quantitative estimate of drug-likeness (QED) is 0.857. The van der Waals surface area contributed by atoms with Crippen molar-refractivity contribution >= 4 is 5.97 Å². The van der Waals surface area contributed by atoms with Crippen molar-refractivity contribution in [1.82, 2.24) is 9.55 Å². The van der Waals surface area contributed by atoms with Crippen molar-refractivity contribution in [3.63, 3.8) is 0 Å². The Balaban J connectivity index is 1.86. The molecular formula is C17H21N3O2. The monoisotopic (exact) mass is 299 g/mol. The molecule has 1 aliphatic rings. The number of nitrogens with two attached hydrogens (primary N) is 1. The molecule has 1 heterocycles. The van der Waals surface area contributed by atoms with Crippen LogP contribution in [0.3, 0.4) is 0 Å². The molecule has 2 unspecified atom stereocenters. The van der Waals surface area contributed by atoms with Crippen LogP contribution in [0.5, 0.6) is 0 Å². The third-order valence-corrected chi connectivity index (χ3v) is 4.67. The highest BCUT2D eigenvalue weighted by Gasteiger charge is 2.62. The normalized spacial score (nSPS) is 24.9. The number of para-hydroxylation sites is 1. The first-order valence-electron chi connectivity index (χ1n) is 7.61. The zero-order valence-corrected chi connectivity index (χ0v) is 12.6. The molecule has 5 nitrogen and oxygen atoms in total. The van der Waals surface area contributed by atoms with Gasteiger partial charge in [-0.05, 0) is 43.4 Å². The van der Waals surface area contributed by atoms with Crippen molar-refractivity contribution in [2.45, 2.75) is 25.2 Å². The lowest BCUT2D eigenvalue weighted by Crippen LogP contribution is -2.24. The highest BCUT2D eigenvalue weighted by Crippen LogP contribution is 2.56. The highest BCUT2D eigenvalue weighted by atomic mass is 16.4. The molecule has 0 saturated heterocycles. The molecule has 1 fully saturated rings. The van der Waals surface area contributed by atoms with Crippen LogP contribution in [0.1, 0.15) is 25.5 Å². The van der Waals surface area contributed by atoms with Crippen LogP contribution in [0, 0.1) is 11.8 Å². The number of carbonyl (C=O) groups is 1. The third kappa shape index (κ3) is 2.41. The number of aliphatic carboxylic acids is 1. The van der Waals surface area contributed by atoms with Gasteiger partial charge in [-0.25, -0.2) is 4.98 Å². The van der Waals surface area contributed by atoms with Gasteiger partial charge in [-0.15, -0.1) is 0 Å². The minimum Gasteiger partial charge on any atom is -0.481 e. The predicted molar refractivity (Wildman–Crippen MR) is 83.8 cm³/mol. The number of carboxylic acids is 1. The maximum absolute atomic E-state index is 11.8. The summed E-state index contributed by atoms with van der Waals surface area (Å²) in [6, 6.07) is 9.79. The van der Waals surface area contributed by atoms with Gasteiger partial charge in [0.15, 0.2) is 0 Å². The molecule has 3 atom stereocenters. The van der Waals surface area contributed by atoms with Gasteiger partial charge in [-0.1, -0.05) is 25.1 Å². The zero-order chi connectivity index (χ0) is 15.7. The lowest BCUT2D eigenvalue weighted by molar-refractivity contribution is -0.140. The van der Waals surface area contributed by atoms with Crippen molar-refractivity contribution in [2.75, 3.05) is 6.54 Å². The first kappa shape index (κ1) is 14.8. The van der Waals surface area contributed by atoms with Crippen molar-refractivity contribution < 1.29 is 9.90 Å². The Morgan fingerprint density at radius 2 is 2.23 bits per heavy atom. The van der Waals surface area contributed by atoms with Crippen molar-refractivity contribution in [2.24, 2.45) is 17.6 Å². The number of hydrogen-bond donors (Lipinski definition) is 2. The minimum atomic E-state index is -0.830. The summed E-state index contributed by atoms with van der Waals surface area (Å²) in [4.78, 5) is 16.2. The Kier molecular flexibility index (Phi) is 3.74. The van der Waals surface area contributed by atoms with E-state index >= 15 is 0 Å². The van der Waals surface area contributed by atoms with Crippen molar-refractivity contribution in [3.05, 3.63) is 48.5 Å². The first-order chi connectivity index (χ1) is 10.6. The summed E-state index contributed by atoms with van der Waals surface area (Å²) in [5, 5.41) is 9.71. The molecule has 5 heteroatoms. The lowest BCUT2D eigenvalue weighted by atomic mass is 9.94. The Hall–Kier alpha value is -2.14. The second kappa shape index (κ2) is 5.57. The summed E-state index contributed by atoms with van der Waals surface area (Å²) in [5.41, 5.74) is 6.47. The van der Waals surface area contributed by atoms with Crippen LogP contribution in [-0.4, -0.2) is 27.2 Å². The van der Waals surface area contributed by atoms with Crippen LogP contribution in [-0.2, 0) is 10.2 Å². The van der Waals surface area contributed by atoms with Gasteiger partial charge >= 0.3 is 5.97 Å². The fourth-order valence-corrected chi connectivity index (χ4v) is 3.18. The van der Waals surface area contributed by atoms with E-state index in [0.29, 0.717) is 24.6 Å².